The molecule has 0 aliphatic carbocycles. The largest absolute Gasteiger partial charge is 0.469 e. The molecule has 0 unspecified atom stereocenters. The van der Waals surface area contributed by atoms with Crippen LogP contribution in [0.5, 0.6) is 0 Å². The van der Waals surface area contributed by atoms with E-state index in [-0.39, 0.29) is 12.4 Å². The fourth-order valence-corrected chi connectivity index (χ4v) is 2.07. The molecule has 0 fully saturated rings. The quantitative estimate of drug-likeness (QED) is 0.781. The summed E-state index contributed by atoms with van der Waals surface area (Å²) in [6, 6.07) is 11.8. The van der Waals surface area contributed by atoms with Gasteiger partial charge in [0, 0.05) is 11.6 Å². The van der Waals surface area contributed by atoms with Crippen molar-refractivity contribution in [3.05, 3.63) is 54.0 Å². The van der Waals surface area contributed by atoms with Crippen molar-refractivity contribution in [1.29, 1.82) is 0 Å². The van der Waals surface area contributed by atoms with Crippen LogP contribution >= 0.6 is 12.4 Å². The van der Waals surface area contributed by atoms with Gasteiger partial charge in [-0.3, -0.25) is 0 Å². The lowest BCUT2D eigenvalue weighted by Gasteiger charge is -2.03. The number of furan rings is 1. The zero-order valence-electron chi connectivity index (χ0n) is 11.3. The number of nitrogens with zero attached hydrogens (tertiary/aromatic N) is 2. The molecular weight excluding hydrogens is 274 g/mol. The highest BCUT2D eigenvalue weighted by molar-refractivity contribution is 5.85. The van der Waals surface area contributed by atoms with Crippen LogP contribution in [0.4, 0.5) is 5.82 Å². The summed E-state index contributed by atoms with van der Waals surface area (Å²) in [6.07, 6.45) is 1.66. The van der Waals surface area contributed by atoms with Crippen LogP contribution in [0.25, 0.3) is 16.9 Å². The van der Waals surface area contributed by atoms with E-state index >= 15 is 0 Å². The Bertz CT molecular complexity index is 713. The Morgan fingerprint density at radius 2 is 1.80 bits per heavy atom. The molecule has 0 atom stereocenters. The average Bonchev–Trinajstić information content (AvgIpc) is 2.96. The fraction of sp³-hybridized carbons (Fsp3) is 0.133. The average molecular weight is 290 g/mol. The zero-order chi connectivity index (χ0) is 13.4. The molecule has 0 radical (unpaired) electrons. The Balaban J connectivity index is 0.00000147. The normalized spacial score (nSPS) is 10.3. The SMILES string of the molecule is Cc1ccc(-n2nc(-c3ccoc3C)cc2N)cc1.Cl. The number of hydrogen-bond acceptors (Lipinski definition) is 3. The van der Waals surface area contributed by atoms with Crippen molar-refractivity contribution in [3.8, 4) is 16.9 Å². The Hall–Kier alpha value is -2.20. The van der Waals surface area contributed by atoms with Crippen molar-refractivity contribution in [2.24, 2.45) is 0 Å². The van der Waals surface area contributed by atoms with Crippen LogP contribution in [0.2, 0.25) is 0 Å². The second-order valence-corrected chi connectivity index (χ2v) is 4.59. The first-order chi connectivity index (χ1) is 9.15. The van der Waals surface area contributed by atoms with Gasteiger partial charge in [-0.15, -0.1) is 12.4 Å². The smallest absolute Gasteiger partial charge is 0.127 e. The van der Waals surface area contributed by atoms with E-state index in [0.29, 0.717) is 5.82 Å². The van der Waals surface area contributed by atoms with Gasteiger partial charge in [0.15, 0.2) is 0 Å². The van der Waals surface area contributed by atoms with Gasteiger partial charge in [0.05, 0.1) is 17.6 Å². The minimum Gasteiger partial charge on any atom is -0.469 e. The highest BCUT2D eigenvalue weighted by atomic mass is 35.5. The van der Waals surface area contributed by atoms with Gasteiger partial charge in [-0.2, -0.15) is 5.10 Å². The molecular formula is C15H16ClN3O. The summed E-state index contributed by atoms with van der Waals surface area (Å²) < 4.78 is 7.04. The topological polar surface area (TPSA) is 57.0 Å². The monoisotopic (exact) mass is 289 g/mol. The second kappa shape index (κ2) is 5.43. The predicted octanol–water partition coefficient (Wildman–Crippen LogP) is 3.75. The van der Waals surface area contributed by atoms with Gasteiger partial charge in [0.1, 0.15) is 11.6 Å². The van der Waals surface area contributed by atoms with Gasteiger partial charge in [-0.05, 0) is 32.0 Å². The van der Waals surface area contributed by atoms with E-state index in [0.717, 1.165) is 22.7 Å². The molecule has 20 heavy (non-hydrogen) atoms. The molecule has 2 aromatic heterocycles. The molecule has 2 N–H and O–H groups in total. The number of nitrogen functional groups attached to an aromatic ring is 1. The molecule has 0 spiro atoms. The number of halogens is 1. The third-order valence-electron chi connectivity index (χ3n) is 3.15. The molecule has 0 saturated carbocycles. The number of rotatable bonds is 2. The first-order valence-electron chi connectivity index (χ1n) is 6.12. The molecule has 3 rings (SSSR count). The van der Waals surface area contributed by atoms with Gasteiger partial charge in [-0.1, -0.05) is 17.7 Å². The summed E-state index contributed by atoms with van der Waals surface area (Å²) in [5.74, 6) is 1.45. The highest BCUT2D eigenvalue weighted by Gasteiger charge is 2.12. The number of aromatic nitrogens is 2. The van der Waals surface area contributed by atoms with E-state index in [9.17, 15) is 0 Å². The highest BCUT2D eigenvalue weighted by Crippen LogP contribution is 2.26. The maximum atomic E-state index is 6.04. The van der Waals surface area contributed by atoms with E-state index in [1.165, 1.54) is 5.56 Å². The number of benzene rings is 1. The molecule has 1 aromatic carbocycles. The molecule has 4 nitrogen and oxygen atoms in total. The van der Waals surface area contributed by atoms with Crippen molar-refractivity contribution < 1.29 is 4.42 Å². The molecule has 0 saturated heterocycles. The Kier molecular flexibility index (Phi) is 3.86. The molecule has 0 bridgehead atoms. The summed E-state index contributed by atoms with van der Waals surface area (Å²) in [4.78, 5) is 0. The third kappa shape index (κ3) is 2.42. The lowest BCUT2D eigenvalue weighted by Crippen LogP contribution is -2.01. The fourth-order valence-electron chi connectivity index (χ4n) is 2.07. The van der Waals surface area contributed by atoms with Crippen molar-refractivity contribution in [2.45, 2.75) is 13.8 Å². The van der Waals surface area contributed by atoms with Crippen LogP contribution in [0.3, 0.4) is 0 Å². The lowest BCUT2D eigenvalue weighted by atomic mass is 10.2. The van der Waals surface area contributed by atoms with Crippen LogP contribution in [0.1, 0.15) is 11.3 Å². The van der Waals surface area contributed by atoms with Crippen LogP contribution in [0.15, 0.2) is 47.1 Å². The number of hydrogen-bond donors (Lipinski definition) is 1. The zero-order valence-corrected chi connectivity index (χ0v) is 12.1. The van der Waals surface area contributed by atoms with E-state index < -0.39 is 0 Å². The van der Waals surface area contributed by atoms with E-state index in [1.54, 1.807) is 10.9 Å². The molecule has 0 aliphatic rings. The van der Waals surface area contributed by atoms with Crippen molar-refractivity contribution in [2.75, 3.05) is 5.73 Å². The first kappa shape index (κ1) is 14.2. The number of anilines is 1. The summed E-state index contributed by atoms with van der Waals surface area (Å²) in [7, 11) is 0. The second-order valence-electron chi connectivity index (χ2n) is 4.59. The molecule has 5 heteroatoms. The minimum atomic E-state index is 0. The third-order valence-corrected chi connectivity index (χ3v) is 3.15. The minimum absolute atomic E-state index is 0. The summed E-state index contributed by atoms with van der Waals surface area (Å²) in [6.45, 7) is 3.97. The van der Waals surface area contributed by atoms with Crippen molar-refractivity contribution >= 4 is 18.2 Å². The van der Waals surface area contributed by atoms with Crippen LogP contribution < -0.4 is 5.73 Å². The summed E-state index contributed by atoms with van der Waals surface area (Å²) >= 11 is 0. The molecule has 0 amide bonds. The Labute approximate surface area is 123 Å². The molecule has 3 aromatic rings. The first-order valence-corrected chi connectivity index (χ1v) is 6.12. The summed E-state index contributed by atoms with van der Waals surface area (Å²) in [5.41, 5.74) is 9.99. The van der Waals surface area contributed by atoms with Gasteiger partial charge < -0.3 is 10.2 Å². The number of aryl methyl sites for hydroxylation is 2. The maximum absolute atomic E-state index is 6.04. The van der Waals surface area contributed by atoms with Gasteiger partial charge in [-0.25, -0.2) is 4.68 Å². The van der Waals surface area contributed by atoms with Crippen molar-refractivity contribution in [3.63, 3.8) is 0 Å². The van der Waals surface area contributed by atoms with Crippen LogP contribution in [-0.2, 0) is 0 Å². The standard InChI is InChI=1S/C15H15N3O.ClH/c1-10-3-5-12(6-4-10)18-15(16)9-14(17-18)13-7-8-19-11(13)2;/h3-9H,16H2,1-2H3;1H. The van der Waals surface area contributed by atoms with E-state index in [2.05, 4.69) is 12.0 Å². The number of nitrogens with two attached hydrogens (primary N) is 1. The van der Waals surface area contributed by atoms with Crippen LogP contribution in [0, 0.1) is 13.8 Å². The molecule has 104 valence electrons. The maximum Gasteiger partial charge on any atom is 0.127 e. The summed E-state index contributed by atoms with van der Waals surface area (Å²) in [5, 5.41) is 4.54. The lowest BCUT2D eigenvalue weighted by molar-refractivity contribution is 0.535. The predicted molar refractivity (Wildman–Crippen MR) is 82.4 cm³/mol. The van der Waals surface area contributed by atoms with Gasteiger partial charge in [0.2, 0.25) is 0 Å². The molecule has 2 heterocycles. The van der Waals surface area contributed by atoms with Gasteiger partial charge in [0.25, 0.3) is 0 Å². The van der Waals surface area contributed by atoms with Crippen molar-refractivity contribution in [1.82, 2.24) is 9.78 Å². The Morgan fingerprint density at radius 3 is 2.40 bits per heavy atom. The van der Waals surface area contributed by atoms with Gasteiger partial charge >= 0.3 is 0 Å². The van der Waals surface area contributed by atoms with E-state index in [4.69, 9.17) is 10.2 Å². The molecule has 0 aliphatic heterocycles. The van der Waals surface area contributed by atoms with E-state index in [1.807, 2.05) is 43.3 Å². The van der Waals surface area contributed by atoms with Crippen LogP contribution in [-0.4, -0.2) is 9.78 Å². The Morgan fingerprint density at radius 1 is 1.10 bits per heavy atom.